The Balaban J connectivity index is 1.29. The van der Waals surface area contributed by atoms with Crippen LogP contribution >= 0.6 is 0 Å². The van der Waals surface area contributed by atoms with Gasteiger partial charge in [0.1, 0.15) is 6.61 Å². The van der Waals surface area contributed by atoms with Crippen LogP contribution in [0, 0.1) is 12.8 Å². The van der Waals surface area contributed by atoms with Gasteiger partial charge in [-0.15, -0.1) is 0 Å². The van der Waals surface area contributed by atoms with Gasteiger partial charge < -0.3 is 15.0 Å². The number of benzene rings is 1. The number of aryl methyl sites for hydroxylation is 1. The van der Waals surface area contributed by atoms with E-state index in [0.29, 0.717) is 31.4 Å². The molecule has 1 aromatic rings. The molecule has 1 saturated heterocycles. The van der Waals surface area contributed by atoms with Crippen molar-refractivity contribution in [3.05, 3.63) is 35.4 Å². The Hall–Kier alpha value is -2.04. The molecule has 4 rings (SSSR count). The van der Waals surface area contributed by atoms with E-state index in [0.717, 1.165) is 12.8 Å². The average Bonchev–Trinajstić information content (AvgIpc) is 2.86. The number of nitrogens with one attached hydrogen (secondary N) is 1. The van der Waals surface area contributed by atoms with Crippen LogP contribution in [-0.2, 0) is 9.53 Å². The fraction of sp³-hybridized carbons (Fsp3) is 0.579. The number of hydrogen-bond acceptors (Lipinski definition) is 3. The van der Waals surface area contributed by atoms with E-state index in [-0.39, 0.29) is 23.5 Å². The van der Waals surface area contributed by atoms with Crippen molar-refractivity contribution >= 4 is 12.0 Å². The number of amides is 2. The highest BCUT2D eigenvalue weighted by Gasteiger charge is 2.53. The highest BCUT2D eigenvalue weighted by Crippen LogP contribution is 2.44. The van der Waals surface area contributed by atoms with Crippen molar-refractivity contribution in [3.8, 4) is 0 Å². The summed E-state index contributed by atoms with van der Waals surface area (Å²) in [6.45, 7) is 2.52. The van der Waals surface area contributed by atoms with Crippen molar-refractivity contribution in [1.29, 1.82) is 0 Å². The highest BCUT2D eigenvalue weighted by molar-refractivity contribution is 5.81. The van der Waals surface area contributed by atoms with Gasteiger partial charge in [0.25, 0.3) is 0 Å². The molecule has 5 heteroatoms. The summed E-state index contributed by atoms with van der Waals surface area (Å²) in [4.78, 5) is 25.8. The van der Waals surface area contributed by atoms with E-state index in [1.807, 2.05) is 11.9 Å². The van der Waals surface area contributed by atoms with Crippen LogP contribution in [0.5, 0.6) is 0 Å². The summed E-state index contributed by atoms with van der Waals surface area (Å²) in [6.07, 6.45) is 3.15. The molecule has 128 valence electrons. The summed E-state index contributed by atoms with van der Waals surface area (Å²) in [5, 5.41) is 2.85. The third-order valence-corrected chi connectivity index (χ3v) is 5.99. The van der Waals surface area contributed by atoms with E-state index in [1.165, 1.54) is 11.1 Å². The summed E-state index contributed by atoms with van der Waals surface area (Å²) in [5.74, 6) is 0.810. The number of cyclic esters (lactones) is 1. The molecule has 0 unspecified atom stereocenters. The third-order valence-electron chi connectivity index (χ3n) is 5.99. The number of carbonyl (C=O) groups is 2. The Morgan fingerprint density at radius 1 is 1.33 bits per heavy atom. The number of nitrogens with zero attached hydrogens (tertiary/aromatic N) is 1. The van der Waals surface area contributed by atoms with Gasteiger partial charge in [-0.05, 0) is 44.1 Å². The van der Waals surface area contributed by atoms with Gasteiger partial charge in [-0.25, -0.2) is 4.79 Å². The molecule has 0 radical (unpaired) electrons. The molecule has 5 nitrogen and oxygen atoms in total. The zero-order valence-corrected chi connectivity index (χ0v) is 14.2. The Morgan fingerprint density at radius 2 is 2.08 bits per heavy atom. The number of alkyl carbamates (subject to hydrolysis) is 1. The summed E-state index contributed by atoms with van der Waals surface area (Å²) in [6, 6.07) is 9.01. The molecule has 0 atom stereocenters. The molecule has 24 heavy (non-hydrogen) atoms. The van der Waals surface area contributed by atoms with Crippen molar-refractivity contribution < 1.29 is 14.3 Å². The van der Waals surface area contributed by atoms with Crippen LogP contribution in [-0.4, -0.2) is 42.1 Å². The molecule has 1 aliphatic heterocycles. The fourth-order valence-corrected chi connectivity index (χ4v) is 4.34. The van der Waals surface area contributed by atoms with Gasteiger partial charge in [-0.1, -0.05) is 29.8 Å². The first-order valence-electron chi connectivity index (χ1n) is 8.74. The van der Waals surface area contributed by atoms with Crippen molar-refractivity contribution in [1.82, 2.24) is 10.2 Å². The summed E-state index contributed by atoms with van der Waals surface area (Å²) in [5.41, 5.74) is 2.41. The molecular weight excluding hydrogens is 304 g/mol. The molecule has 1 aromatic carbocycles. The van der Waals surface area contributed by atoms with Crippen LogP contribution in [0.2, 0.25) is 0 Å². The summed E-state index contributed by atoms with van der Waals surface area (Å²) >= 11 is 0. The van der Waals surface area contributed by atoms with E-state index in [1.54, 1.807) is 0 Å². The molecule has 2 aliphatic carbocycles. The van der Waals surface area contributed by atoms with Gasteiger partial charge in [-0.3, -0.25) is 4.79 Å². The quantitative estimate of drug-likeness (QED) is 0.928. The van der Waals surface area contributed by atoms with E-state index in [9.17, 15) is 9.59 Å². The maximum Gasteiger partial charge on any atom is 0.407 e. The number of carbonyl (C=O) groups excluding carboxylic acids is 2. The third kappa shape index (κ3) is 2.56. The van der Waals surface area contributed by atoms with Gasteiger partial charge >= 0.3 is 6.09 Å². The Kier molecular flexibility index (Phi) is 3.55. The van der Waals surface area contributed by atoms with Crippen molar-refractivity contribution in [2.24, 2.45) is 5.92 Å². The lowest BCUT2D eigenvalue weighted by molar-refractivity contribution is -0.143. The lowest BCUT2D eigenvalue weighted by atomic mass is 9.67. The van der Waals surface area contributed by atoms with E-state index >= 15 is 0 Å². The largest absolute Gasteiger partial charge is 0.447 e. The predicted octanol–water partition coefficient (Wildman–Crippen LogP) is 2.59. The standard InChI is InChI=1S/C19H24N2O3/c1-12-4-3-5-13(6-12)14-7-16(8-14)21(2)17(22)15-9-19(10-15)11-24-18(23)20-19/h3-6,14-16H,7-11H2,1-2H3,(H,20,23)/t14-,15-,16+,19+. The maximum absolute atomic E-state index is 12.7. The van der Waals surface area contributed by atoms with Crippen LogP contribution in [0.1, 0.15) is 42.7 Å². The smallest absolute Gasteiger partial charge is 0.407 e. The van der Waals surface area contributed by atoms with Crippen LogP contribution < -0.4 is 5.32 Å². The summed E-state index contributed by atoms with van der Waals surface area (Å²) in [7, 11) is 1.92. The molecule has 1 heterocycles. The molecule has 2 saturated carbocycles. The molecule has 0 aromatic heterocycles. The zero-order valence-electron chi connectivity index (χ0n) is 14.2. The van der Waals surface area contributed by atoms with Gasteiger partial charge in [0.2, 0.25) is 5.91 Å². The second kappa shape index (κ2) is 5.50. The van der Waals surface area contributed by atoms with Crippen molar-refractivity contribution in [2.45, 2.75) is 50.1 Å². The average molecular weight is 328 g/mol. The number of rotatable bonds is 3. The van der Waals surface area contributed by atoms with Gasteiger partial charge in [0, 0.05) is 19.0 Å². The number of hydrogen-bond donors (Lipinski definition) is 1. The van der Waals surface area contributed by atoms with Crippen LogP contribution in [0.25, 0.3) is 0 Å². The predicted molar refractivity (Wildman–Crippen MR) is 89.7 cm³/mol. The first-order valence-corrected chi connectivity index (χ1v) is 8.74. The van der Waals surface area contributed by atoms with Crippen LogP contribution in [0.4, 0.5) is 4.79 Å². The Labute approximate surface area is 142 Å². The topological polar surface area (TPSA) is 58.6 Å². The van der Waals surface area contributed by atoms with E-state index in [2.05, 4.69) is 36.5 Å². The second-order valence-corrected chi connectivity index (χ2v) is 7.77. The van der Waals surface area contributed by atoms with Gasteiger partial charge in [-0.2, -0.15) is 0 Å². The second-order valence-electron chi connectivity index (χ2n) is 7.77. The maximum atomic E-state index is 12.7. The lowest BCUT2D eigenvalue weighted by Gasteiger charge is -2.47. The van der Waals surface area contributed by atoms with E-state index < -0.39 is 0 Å². The van der Waals surface area contributed by atoms with Gasteiger partial charge in [0.05, 0.1) is 5.54 Å². The Bertz CT molecular complexity index is 675. The summed E-state index contributed by atoms with van der Waals surface area (Å²) < 4.78 is 4.98. The zero-order chi connectivity index (χ0) is 16.9. The highest BCUT2D eigenvalue weighted by atomic mass is 16.6. The molecule has 3 fully saturated rings. The van der Waals surface area contributed by atoms with Gasteiger partial charge in [0.15, 0.2) is 0 Å². The number of ether oxygens (including phenoxy) is 1. The SMILES string of the molecule is Cc1cccc([C@H]2C[C@@H](N(C)C(=O)[C@H]3C[C@]4(COC(=O)N4)C3)C2)c1. The minimum atomic E-state index is -0.353. The fourth-order valence-electron chi connectivity index (χ4n) is 4.34. The minimum absolute atomic E-state index is 0.0232. The normalized spacial score (nSPS) is 34.1. The van der Waals surface area contributed by atoms with Crippen LogP contribution in [0.3, 0.4) is 0 Å². The van der Waals surface area contributed by atoms with E-state index in [4.69, 9.17) is 4.74 Å². The molecule has 3 aliphatic rings. The first kappa shape index (κ1) is 15.5. The van der Waals surface area contributed by atoms with Crippen LogP contribution in [0.15, 0.2) is 24.3 Å². The molecular formula is C19H24N2O3. The molecule has 0 bridgehead atoms. The minimum Gasteiger partial charge on any atom is -0.447 e. The monoisotopic (exact) mass is 328 g/mol. The molecule has 2 amide bonds. The first-order chi connectivity index (χ1) is 11.5. The molecule has 1 N–H and O–H groups in total. The Morgan fingerprint density at radius 3 is 2.71 bits per heavy atom. The lowest BCUT2D eigenvalue weighted by Crippen LogP contribution is -2.59. The van der Waals surface area contributed by atoms with Crippen molar-refractivity contribution in [2.75, 3.05) is 13.7 Å². The van der Waals surface area contributed by atoms with Crippen molar-refractivity contribution in [3.63, 3.8) is 0 Å². The molecule has 1 spiro atoms.